The van der Waals surface area contributed by atoms with Crippen LogP contribution in [-0.2, 0) is 16.1 Å². The number of hydrogen-bond acceptors (Lipinski definition) is 3. The smallest absolute Gasteiger partial charge is 0.245 e. The Kier molecular flexibility index (Phi) is 3.60. The number of amides is 2. The molecule has 1 fully saturated rings. The third-order valence-corrected chi connectivity index (χ3v) is 3.62. The van der Waals surface area contributed by atoms with Gasteiger partial charge in [-0.25, -0.2) is 4.98 Å². The van der Waals surface area contributed by atoms with E-state index in [0.717, 1.165) is 17.8 Å². The Bertz CT molecular complexity index is 646. The summed E-state index contributed by atoms with van der Waals surface area (Å²) in [5, 5.41) is 2.75. The van der Waals surface area contributed by atoms with E-state index in [1.165, 1.54) is 0 Å². The molecule has 0 spiro atoms. The van der Waals surface area contributed by atoms with Crippen LogP contribution >= 0.6 is 0 Å². The zero-order valence-corrected chi connectivity index (χ0v) is 12.0. The number of pyridine rings is 1. The Balaban J connectivity index is 1.79. The van der Waals surface area contributed by atoms with Crippen molar-refractivity contribution in [3.05, 3.63) is 36.3 Å². The van der Waals surface area contributed by atoms with Gasteiger partial charge in [-0.1, -0.05) is 19.4 Å². The molecule has 1 saturated heterocycles. The Labute approximate surface area is 122 Å². The molecule has 110 valence electrons. The summed E-state index contributed by atoms with van der Waals surface area (Å²) in [5.74, 6) is -0.120. The summed E-state index contributed by atoms with van der Waals surface area (Å²) in [5.41, 5.74) is 1.63. The minimum Gasteiger partial charge on any atom is -0.343 e. The van der Waals surface area contributed by atoms with E-state index < -0.39 is 6.04 Å². The quantitative estimate of drug-likeness (QED) is 0.910. The third kappa shape index (κ3) is 2.74. The number of fused-ring (bicyclic) bond motifs is 1. The summed E-state index contributed by atoms with van der Waals surface area (Å²) in [7, 11) is 0. The average Bonchev–Trinajstić information content (AvgIpc) is 2.86. The fraction of sp³-hybridized carbons (Fsp3) is 0.400. The Morgan fingerprint density at radius 2 is 2.24 bits per heavy atom. The van der Waals surface area contributed by atoms with E-state index in [4.69, 9.17) is 0 Å². The third-order valence-electron chi connectivity index (χ3n) is 3.62. The zero-order valence-electron chi connectivity index (χ0n) is 12.0. The van der Waals surface area contributed by atoms with Gasteiger partial charge in [-0.3, -0.25) is 9.59 Å². The summed E-state index contributed by atoms with van der Waals surface area (Å²) >= 11 is 0. The lowest BCUT2D eigenvalue weighted by Crippen LogP contribution is -2.57. The molecule has 0 radical (unpaired) electrons. The first-order chi connectivity index (χ1) is 10.2. The number of carbonyl (C=O) groups excluding carboxylic acids is 2. The Hall–Kier alpha value is -2.37. The molecule has 6 heteroatoms. The summed E-state index contributed by atoms with van der Waals surface area (Å²) in [4.78, 5) is 30.2. The first-order valence-electron chi connectivity index (χ1n) is 7.18. The Morgan fingerprint density at radius 1 is 1.38 bits per heavy atom. The van der Waals surface area contributed by atoms with Crippen LogP contribution in [0.1, 0.15) is 25.5 Å². The first kappa shape index (κ1) is 13.6. The number of nitrogens with zero attached hydrogens (tertiary/aromatic N) is 3. The van der Waals surface area contributed by atoms with Crippen molar-refractivity contribution in [3.63, 3.8) is 0 Å². The van der Waals surface area contributed by atoms with E-state index >= 15 is 0 Å². The molecule has 1 aliphatic heterocycles. The lowest BCUT2D eigenvalue weighted by Gasteiger charge is -2.31. The number of hydrogen-bond donors (Lipinski definition) is 1. The summed E-state index contributed by atoms with van der Waals surface area (Å²) < 4.78 is 1.91. The Morgan fingerprint density at radius 3 is 3.00 bits per heavy atom. The van der Waals surface area contributed by atoms with Gasteiger partial charge in [0.25, 0.3) is 0 Å². The second kappa shape index (κ2) is 5.55. The van der Waals surface area contributed by atoms with Crippen LogP contribution < -0.4 is 5.32 Å². The molecule has 1 unspecified atom stereocenters. The standard InChI is InChI=1S/C15H18N4O2/c1-2-5-12-15(21)19(10-14(20)17-12)9-11-8-18-7-4-3-6-13(18)16-11/h3-4,6-8,12H,2,5,9-10H2,1H3,(H,17,20). The largest absolute Gasteiger partial charge is 0.343 e. The summed E-state index contributed by atoms with van der Waals surface area (Å²) in [6.45, 7) is 2.47. The molecule has 2 aromatic heterocycles. The number of imidazole rings is 1. The van der Waals surface area contributed by atoms with E-state index in [9.17, 15) is 9.59 Å². The van der Waals surface area contributed by atoms with Crippen molar-refractivity contribution < 1.29 is 9.59 Å². The van der Waals surface area contributed by atoms with E-state index in [1.807, 2.05) is 41.9 Å². The van der Waals surface area contributed by atoms with Crippen LogP contribution in [-0.4, -0.2) is 38.7 Å². The minimum absolute atomic E-state index is 0.0199. The highest BCUT2D eigenvalue weighted by atomic mass is 16.2. The molecule has 1 atom stereocenters. The molecule has 6 nitrogen and oxygen atoms in total. The van der Waals surface area contributed by atoms with E-state index in [0.29, 0.717) is 13.0 Å². The van der Waals surface area contributed by atoms with Gasteiger partial charge in [-0.05, 0) is 18.6 Å². The van der Waals surface area contributed by atoms with Gasteiger partial charge in [-0.15, -0.1) is 0 Å². The molecule has 1 N–H and O–H groups in total. The fourth-order valence-electron chi connectivity index (χ4n) is 2.65. The molecule has 2 amide bonds. The second-order valence-corrected chi connectivity index (χ2v) is 5.30. The molecule has 21 heavy (non-hydrogen) atoms. The van der Waals surface area contributed by atoms with E-state index in [-0.39, 0.29) is 18.4 Å². The highest BCUT2D eigenvalue weighted by Gasteiger charge is 2.32. The predicted octanol–water partition coefficient (Wildman–Crippen LogP) is 0.961. The van der Waals surface area contributed by atoms with Crippen LogP contribution in [0.25, 0.3) is 5.65 Å². The molecule has 3 heterocycles. The molecule has 3 rings (SSSR count). The molecule has 1 aliphatic rings. The highest BCUT2D eigenvalue weighted by Crippen LogP contribution is 2.13. The van der Waals surface area contributed by atoms with Crippen molar-refractivity contribution in [1.82, 2.24) is 19.6 Å². The van der Waals surface area contributed by atoms with Crippen LogP contribution in [0.5, 0.6) is 0 Å². The molecular weight excluding hydrogens is 268 g/mol. The van der Waals surface area contributed by atoms with Crippen LogP contribution in [0.4, 0.5) is 0 Å². The van der Waals surface area contributed by atoms with Crippen LogP contribution in [0.3, 0.4) is 0 Å². The topological polar surface area (TPSA) is 66.7 Å². The lowest BCUT2D eigenvalue weighted by molar-refractivity contribution is -0.145. The molecule has 0 bridgehead atoms. The maximum absolute atomic E-state index is 12.4. The van der Waals surface area contributed by atoms with Crippen molar-refractivity contribution >= 4 is 17.5 Å². The van der Waals surface area contributed by atoms with Crippen LogP contribution in [0.15, 0.2) is 30.6 Å². The fourth-order valence-corrected chi connectivity index (χ4v) is 2.65. The van der Waals surface area contributed by atoms with E-state index in [1.54, 1.807) is 4.90 Å². The van der Waals surface area contributed by atoms with Crippen LogP contribution in [0, 0.1) is 0 Å². The number of aromatic nitrogens is 2. The zero-order chi connectivity index (χ0) is 14.8. The summed E-state index contributed by atoms with van der Waals surface area (Å²) in [6.07, 6.45) is 5.34. The van der Waals surface area contributed by atoms with Gasteiger partial charge in [-0.2, -0.15) is 0 Å². The van der Waals surface area contributed by atoms with E-state index in [2.05, 4.69) is 10.3 Å². The molecular formula is C15H18N4O2. The SMILES string of the molecule is CCCC1NC(=O)CN(Cc2cn3ccccc3n2)C1=O. The second-order valence-electron chi connectivity index (χ2n) is 5.30. The normalized spacial score (nSPS) is 19.1. The average molecular weight is 286 g/mol. The van der Waals surface area contributed by atoms with Crippen molar-refractivity contribution in [2.75, 3.05) is 6.54 Å². The van der Waals surface area contributed by atoms with Gasteiger partial charge in [0, 0.05) is 12.4 Å². The maximum atomic E-state index is 12.4. The highest BCUT2D eigenvalue weighted by molar-refractivity contribution is 5.94. The number of piperazine rings is 1. The predicted molar refractivity (Wildman–Crippen MR) is 77.4 cm³/mol. The minimum atomic E-state index is -0.395. The van der Waals surface area contributed by atoms with Crippen LogP contribution in [0.2, 0.25) is 0 Å². The number of carbonyl (C=O) groups is 2. The van der Waals surface area contributed by atoms with Crippen molar-refractivity contribution in [2.24, 2.45) is 0 Å². The van der Waals surface area contributed by atoms with Crippen molar-refractivity contribution in [2.45, 2.75) is 32.4 Å². The molecule has 0 saturated carbocycles. The van der Waals surface area contributed by atoms with Gasteiger partial charge in [0.05, 0.1) is 12.2 Å². The lowest BCUT2D eigenvalue weighted by atomic mass is 10.1. The van der Waals surface area contributed by atoms with Gasteiger partial charge < -0.3 is 14.6 Å². The maximum Gasteiger partial charge on any atom is 0.245 e. The van der Waals surface area contributed by atoms with Crippen molar-refractivity contribution in [1.29, 1.82) is 0 Å². The molecule has 0 aliphatic carbocycles. The van der Waals surface area contributed by atoms with Crippen molar-refractivity contribution in [3.8, 4) is 0 Å². The summed E-state index contributed by atoms with van der Waals surface area (Å²) in [6, 6.07) is 5.36. The first-order valence-corrected chi connectivity index (χ1v) is 7.18. The monoisotopic (exact) mass is 286 g/mol. The molecule has 2 aromatic rings. The number of rotatable bonds is 4. The van der Waals surface area contributed by atoms with Gasteiger partial charge >= 0.3 is 0 Å². The van der Waals surface area contributed by atoms with Gasteiger partial charge in [0.2, 0.25) is 11.8 Å². The van der Waals surface area contributed by atoms with Gasteiger partial charge in [0.15, 0.2) is 0 Å². The molecule has 0 aromatic carbocycles. The van der Waals surface area contributed by atoms with Gasteiger partial charge in [0.1, 0.15) is 18.2 Å². The number of nitrogens with one attached hydrogen (secondary N) is 1.